The van der Waals surface area contributed by atoms with Crippen molar-refractivity contribution in [3.8, 4) is 0 Å². The van der Waals surface area contributed by atoms with E-state index >= 15 is 0 Å². The summed E-state index contributed by atoms with van der Waals surface area (Å²) >= 11 is 0. The normalized spacial score (nSPS) is 23.4. The summed E-state index contributed by atoms with van der Waals surface area (Å²) in [7, 11) is 0. The minimum absolute atomic E-state index is 0.274. The number of halogens is 3. The van der Waals surface area contributed by atoms with Crippen molar-refractivity contribution in [2.24, 2.45) is 5.92 Å². The van der Waals surface area contributed by atoms with Crippen LogP contribution in [-0.2, 0) is 11.0 Å². The number of hydrogen-bond acceptors (Lipinski definition) is 3. The van der Waals surface area contributed by atoms with Gasteiger partial charge >= 0.3 is 12.1 Å². The van der Waals surface area contributed by atoms with Gasteiger partial charge in [-0.25, -0.2) is 4.98 Å². The number of carboxylic acid groups (broad SMARTS) is 1. The van der Waals surface area contributed by atoms with Crippen molar-refractivity contribution in [3.63, 3.8) is 0 Å². The molecule has 2 atom stereocenters. The zero-order valence-electron chi connectivity index (χ0n) is 10.7. The van der Waals surface area contributed by atoms with E-state index in [0.717, 1.165) is 25.1 Å². The first-order valence-electron chi connectivity index (χ1n) is 6.40. The second-order valence-corrected chi connectivity index (χ2v) is 4.91. The van der Waals surface area contributed by atoms with E-state index in [1.165, 1.54) is 6.07 Å². The highest BCUT2D eigenvalue weighted by Gasteiger charge is 2.32. The zero-order valence-corrected chi connectivity index (χ0v) is 10.7. The Morgan fingerprint density at radius 3 is 2.55 bits per heavy atom. The van der Waals surface area contributed by atoms with Crippen LogP contribution >= 0.6 is 0 Å². The molecule has 0 aromatic carbocycles. The fraction of sp³-hybridized carbons (Fsp3) is 0.538. The summed E-state index contributed by atoms with van der Waals surface area (Å²) in [6.45, 7) is 0. The predicted molar refractivity (Wildman–Crippen MR) is 66.2 cm³/mol. The quantitative estimate of drug-likeness (QED) is 0.897. The van der Waals surface area contributed by atoms with Crippen LogP contribution in [-0.4, -0.2) is 22.1 Å². The molecule has 110 valence electrons. The summed E-state index contributed by atoms with van der Waals surface area (Å²) in [5, 5.41) is 12.1. The van der Waals surface area contributed by atoms with Gasteiger partial charge < -0.3 is 10.4 Å². The maximum atomic E-state index is 12.4. The molecule has 1 aliphatic rings. The van der Waals surface area contributed by atoms with E-state index in [9.17, 15) is 18.0 Å². The molecule has 0 aliphatic heterocycles. The van der Waals surface area contributed by atoms with Crippen LogP contribution in [0, 0.1) is 5.92 Å². The lowest BCUT2D eigenvalue weighted by Gasteiger charge is -2.29. The molecule has 1 fully saturated rings. The lowest BCUT2D eigenvalue weighted by molar-refractivity contribution is -0.143. The van der Waals surface area contributed by atoms with Crippen LogP contribution in [0.25, 0.3) is 0 Å². The molecule has 4 nitrogen and oxygen atoms in total. The Hall–Kier alpha value is -1.79. The molecular formula is C13H15F3N2O2. The van der Waals surface area contributed by atoms with Gasteiger partial charge in [-0.1, -0.05) is 12.8 Å². The molecule has 0 radical (unpaired) electrons. The van der Waals surface area contributed by atoms with Gasteiger partial charge in [0.1, 0.15) is 5.82 Å². The van der Waals surface area contributed by atoms with Crippen LogP contribution in [0.1, 0.15) is 31.2 Å². The third kappa shape index (κ3) is 3.40. The highest BCUT2D eigenvalue weighted by molar-refractivity contribution is 5.71. The molecule has 2 unspecified atom stereocenters. The highest BCUT2D eigenvalue weighted by atomic mass is 19.4. The lowest BCUT2D eigenvalue weighted by atomic mass is 9.84. The van der Waals surface area contributed by atoms with Crippen LogP contribution in [0.15, 0.2) is 18.3 Å². The van der Waals surface area contributed by atoms with Gasteiger partial charge in [-0.05, 0) is 25.0 Å². The Morgan fingerprint density at radius 2 is 2.00 bits per heavy atom. The molecule has 1 aromatic rings. The van der Waals surface area contributed by atoms with Gasteiger partial charge in [0.05, 0.1) is 11.5 Å². The smallest absolute Gasteiger partial charge is 0.417 e. The summed E-state index contributed by atoms with van der Waals surface area (Å²) in [5.41, 5.74) is -0.818. The number of nitrogens with zero attached hydrogens (tertiary/aromatic N) is 1. The van der Waals surface area contributed by atoms with E-state index < -0.39 is 23.6 Å². The van der Waals surface area contributed by atoms with Crippen LogP contribution in [0.5, 0.6) is 0 Å². The first-order chi connectivity index (χ1) is 9.38. The summed E-state index contributed by atoms with van der Waals surface area (Å²) in [6.07, 6.45) is -0.647. The Kier molecular flexibility index (Phi) is 4.15. The Morgan fingerprint density at radius 1 is 1.30 bits per heavy atom. The molecule has 1 heterocycles. The molecule has 0 saturated heterocycles. The second kappa shape index (κ2) is 5.68. The van der Waals surface area contributed by atoms with Gasteiger partial charge in [0, 0.05) is 12.2 Å². The molecule has 0 bridgehead atoms. The SMILES string of the molecule is O=C(O)C1CCCCC1Nc1ccc(C(F)(F)F)cn1. The van der Waals surface area contributed by atoms with Crippen molar-refractivity contribution in [2.75, 3.05) is 5.32 Å². The van der Waals surface area contributed by atoms with Crippen molar-refractivity contribution < 1.29 is 23.1 Å². The number of aliphatic carboxylic acids is 1. The number of carbonyl (C=O) groups is 1. The predicted octanol–water partition coefficient (Wildman–Crippen LogP) is 3.16. The molecule has 1 aromatic heterocycles. The average molecular weight is 288 g/mol. The number of hydrogen-bond donors (Lipinski definition) is 2. The van der Waals surface area contributed by atoms with Crippen LogP contribution in [0.4, 0.5) is 19.0 Å². The summed E-state index contributed by atoms with van der Waals surface area (Å²) in [4.78, 5) is 14.8. The molecule has 2 rings (SSSR count). The van der Waals surface area contributed by atoms with E-state index in [1.807, 2.05) is 0 Å². The fourth-order valence-corrected chi connectivity index (χ4v) is 2.44. The summed E-state index contributed by atoms with van der Waals surface area (Å²) in [5.74, 6) is -1.13. The standard InChI is InChI=1S/C13H15F3N2O2/c14-13(15,16)8-5-6-11(17-7-8)18-10-4-2-1-3-9(10)12(19)20/h5-7,9-10H,1-4H2,(H,17,18)(H,19,20). The molecule has 1 saturated carbocycles. The maximum absolute atomic E-state index is 12.4. The van der Waals surface area contributed by atoms with Crippen molar-refractivity contribution in [3.05, 3.63) is 23.9 Å². The van der Waals surface area contributed by atoms with Crippen LogP contribution in [0.3, 0.4) is 0 Å². The molecule has 0 amide bonds. The van der Waals surface area contributed by atoms with Gasteiger partial charge in [-0.15, -0.1) is 0 Å². The molecule has 7 heteroatoms. The molecular weight excluding hydrogens is 273 g/mol. The number of aromatic nitrogens is 1. The van der Waals surface area contributed by atoms with Crippen molar-refractivity contribution in [2.45, 2.75) is 37.9 Å². The molecule has 1 aliphatic carbocycles. The second-order valence-electron chi connectivity index (χ2n) is 4.91. The number of pyridine rings is 1. The first-order valence-corrected chi connectivity index (χ1v) is 6.40. The van der Waals surface area contributed by atoms with Gasteiger partial charge in [0.2, 0.25) is 0 Å². The highest BCUT2D eigenvalue weighted by Crippen LogP contribution is 2.30. The Labute approximate surface area is 114 Å². The van der Waals surface area contributed by atoms with Crippen LogP contribution < -0.4 is 5.32 Å². The van der Waals surface area contributed by atoms with E-state index in [2.05, 4.69) is 10.3 Å². The molecule has 2 N–H and O–H groups in total. The lowest BCUT2D eigenvalue weighted by Crippen LogP contribution is -2.37. The number of nitrogens with one attached hydrogen (secondary N) is 1. The van der Waals surface area contributed by atoms with E-state index in [-0.39, 0.29) is 11.9 Å². The molecule has 20 heavy (non-hydrogen) atoms. The molecule has 0 spiro atoms. The van der Waals surface area contributed by atoms with Gasteiger partial charge in [-0.3, -0.25) is 4.79 Å². The average Bonchev–Trinajstić information content (AvgIpc) is 2.38. The first kappa shape index (κ1) is 14.6. The third-order valence-corrected chi connectivity index (χ3v) is 3.51. The largest absolute Gasteiger partial charge is 0.481 e. The topological polar surface area (TPSA) is 62.2 Å². The number of alkyl halides is 3. The van der Waals surface area contributed by atoms with Crippen LogP contribution in [0.2, 0.25) is 0 Å². The third-order valence-electron chi connectivity index (χ3n) is 3.51. The van der Waals surface area contributed by atoms with Crippen molar-refractivity contribution in [1.29, 1.82) is 0 Å². The Balaban J connectivity index is 2.07. The van der Waals surface area contributed by atoms with E-state index in [0.29, 0.717) is 12.8 Å². The zero-order chi connectivity index (χ0) is 14.8. The monoisotopic (exact) mass is 288 g/mol. The van der Waals surface area contributed by atoms with Crippen molar-refractivity contribution >= 4 is 11.8 Å². The summed E-state index contributed by atoms with van der Waals surface area (Å²) < 4.78 is 37.2. The maximum Gasteiger partial charge on any atom is 0.417 e. The van der Waals surface area contributed by atoms with Gasteiger partial charge in [0.15, 0.2) is 0 Å². The fourth-order valence-electron chi connectivity index (χ4n) is 2.44. The number of carboxylic acids is 1. The number of anilines is 1. The minimum Gasteiger partial charge on any atom is -0.481 e. The van der Waals surface area contributed by atoms with Gasteiger partial charge in [-0.2, -0.15) is 13.2 Å². The summed E-state index contributed by atoms with van der Waals surface area (Å²) in [6, 6.07) is 1.88. The van der Waals surface area contributed by atoms with Gasteiger partial charge in [0.25, 0.3) is 0 Å². The van der Waals surface area contributed by atoms with E-state index in [4.69, 9.17) is 5.11 Å². The van der Waals surface area contributed by atoms with Crippen molar-refractivity contribution in [1.82, 2.24) is 4.98 Å². The Bertz CT molecular complexity index is 473. The van der Waals surface area contributed by atoms with E-state index in [1.54, 1.807) is 0 Å². The number of rotatable bonds is 3. The minimum atomic E-state index is -4.42.